The van der Waals surface area contributed by atoms with E-state index in [1.807, 2.05) is 6.92 Å². The average Bonchev–Trinajstić information content (AvgIpc) is 2.04. The number of aromatic nitrogens is 1. The van der Waals surface area contributed by atoms with Gasteiger partial charge in [0.25, 0.3) is 5.91 Å². The van der Waals surface area contributed by atoms with E-state index in [4.69, 9.17) is 23.2 Å². The normalized spacial score (nSPS) is 9.77. The lowest BCUT2D eigenvalue weighted by atomic mass is 10.3. The third-order valence-corrected chi connectivity index (χ3v) is 1.90. The molecule has 0 spiro atoms. The molecule has 0 aliphatic heterocycles. The fourth-order valence-corrected chi connectivity index (χ4v) is 1.27. The SMILES string of the molecule is CCNC(=O)c1ccc(Cl)nc1Cl. The first-order chi connectivity index (χ1) is 6.15. The standard InChI is InChI=1S/C8H8Cl2N2O/c1-2-11-8(13)5-3-4-6(9)12-7(5)10/h3-4H,2H2,1H3,(H,11,13). The van der Waals surface area contributed by atoms with Crippen molar-refractivity contribution in [3.63, 3.8) is 0 Å². The Labute approximate surface area is 86.1 Å². The monoisotopic (exact) mass is 218 g/mol. The van der Waals surface area contributed by atoms with E-state index in [1.54, 1.807) is 6.07 Å². The van der Waals surface area contributed by atoms with Crippen molar-refractivity contribution < 1.29 is 4.79 Å². The minimum Gasteiger partial charge on any atom is -0.352 e. The van der Waals surface area contributed by atoms with Gasteiger partial charge in [0, 0.05) is 6.54 Å². The highest BCUT2D eigenvalue weighted by atomic mass is 35.5. The molecule has 13 heavy (non-hydrogen) atoms. The summed E-state index contributed by atoms with van der Waals surface area (Å²) in [6.07, 6.45) is 0. The van der Waals surface area contributed by atoms with E-state index in [2.05, 4.69) is 10.3 Å². The van der Waals surface area contributed by atoms with E-state index in [0.717, 1.165) is 0 Å². The molecule has 1 heterocycles. The molecule has 0 bridgehead atoms. The number of hydrogen-bond donors (Lipinski definition) is 1. The highest BCUT2D eigenvalue weighted by Gasteiger charge is 2.09. The van der Waals surface area contributed by atoms with E-state index in [9.17, 15) is 4.79 Å². The van der Waals surface area contributed by atoms with Gasteiger partial charge in [-0.2, -0.15) is 0 Å². The smallest absolute Gasteiger partial charge is 0.254 e. The van der Waals surface area contributed by atoms with Gasteiger partial charge in [-0.25, -0.2) is 4.98 Å². The molecule has 0 unspecified atom stereocenters. The summed E-state index contributed by atoms with van der Waals surface area (Å²) in [6, 6.07) is 3.07. The number of amides is 1. The summed E-state index contributed by atoms with van der Waals surface area (Å²) in [6.45, 7) is 2.38. The molecule has 1 rings (SSSR count). The van der Waals surface area contributed by atoms with E-state index >= 15 is 0 Å². The minimum absolute atomic E-state index is 0.124. The molecule has 1 N–H and O–H groups in total. The summed E-state index contributed by atoms with van der Waals surface area (Å²) in [4.78, 5) is 15.0. The number of halogens is 2. The van der Waals surface area contributed by atoms with Crippen LogP contribution >= 0.6 is 23.2 Å². The number of pyridine rings is 1. The third-order valence-electron chi connectivity index (χ3n) is 1.40. The van der Waals surface area contributed by atoms with Crippen LogP contribution in [0.2, 0.25) is 10.3 Å². The molecule has 1 aromatic rings. The first-order valence-electron chi connectivity index (χ1n) is 3.75. The molecule has 0 radical (unpaired) electrons. The maximum absolute atomic E-state index is 11.3. The highest BCUT2D eigenvalue weighted by Crippen LogP contribution is 2.16. The first-order valence-corrected chi connectivity index (χ1v) is 4.51. The molecule has 0 aliphatic rings. The summed E-state index contributed by atoms with van der Waals surface area (Å²) in [5.74, 6) is -0.239. The number of nitrogens with one attached hydrogen (secondary N) is 1. The van der Waals surface area contributed by atoms with E-state index in [1.165, 1.54) is 6.07 Å². The van der Waals surface area contributed by atoms with Crippen LogP contribution < -0.4 is 5.32 Å². The van der Waals surface area contributed by atoms with E-state index in [-0.39, 0.29) is 16.2 Å². The maximum atomic E-state index is 11.3. The predicted molar refractivity (Wildman–Crippen MR) is 52.3 cm³/mol. The van der Waals surface area contributed by atoms with Crippen molar-refractivity contribution in [3.05, 3.63) is 28.0 Å². The van der Waals surface area contributed by atoms with Gasteiger partial charge in [0.1, 0.15) is 10.3 Å². The van der Waals surface area contributed by atoms with Gasteiger partial charge in [-0.05, 0) is 19.1 Å². The topological polar surface area (TPSA) is 42.0 Å². The second-order valence-electron chi connectivity index (χ2n) is 2.33. The molecular formula is C8H8Cl2N2O. The van der Waals surface area contributed by atoms with Gasteiger partial charge in [-0.1, -0.05) is 23.2 Å². The molecule has 3 nitrogen and oxygen atoms in total. The quantitative estimate of drug-likeness (QED) is 0.774. The van der Waals surface area contributed by atoms with Gasteiger partial charge in [0.2, 0.25) is 0 Å². The predicted octanol–water partition coefficient (Wildman–Crippen LogP) is 2.14. The van der Waals surface area contributed by atoms with Crippen LogP contribution in [-0.2, 0) is 0 Å². The highest BCUT2D eigenvalue weighted by molar-refractivity contribution is 6.34. The number of hydrogen-bond acceptors (Lipinski definition) is 2. The van der Waals surface area contributed by atoms with Crippen molar-refractivity contribution in [1.29, 1.82) is 0 Å². The Morgan fingerprint density at radius 3 is 2.77 bits per heavy atom. The molecule has 1 amide bonds. The fourth-order valence-electron chi connectivity index (χ4n) is 0.837. The van der Waals surface area contributed by atoms with Crippen LogP contribution in [0.5, 0.6) is 0 Å². The van der Waals surface area contributed by atoms with Gasteiger partial charge in [-0.15, -0.1) is 0 Å². The lowest BCUT2D eigenvalue weighted by Crippen LogP contribution is -2.23. The Kier molecular flexibility index (Phi) is 3.51. The second kappa shape index (κ2) is 4.44. The number of carbonyl (C=O) groups excluding carboxylic acids is 1. The van der Waals surface area contributed by atoms with Crippen LogP contribution in [-0.4, -0.2) is 17.4 Å². The Hall–Kier alpha value is -0.800. The summed E-state index contributed by atoms with van der Waals surface area (Å²) in [5.41, 5.74) is 0.341. The molecular weight excluding hydrogens is 211 g/mol. The lowest BCUT2D eigenvalue weighted by Gasteiger charge is -2.03. The van der Waals surface area contributed by atoms with Crippen molar-refractivity contribution in [2.45, 2.75) is 6.92 Å². The Morgan fingerprint density at radius 2 is 2.23 bits per heavy atom. The second-order valence-corrected chi connectivity index (χ2v) is 3.08. The Balaban J connectivity index is 2.95. The Bertz CT molecular complexity index is 328. The van der Waals surface area contributed by atoms with Gasteiger partial charge < -0.3 is 5.32 Å². The largest absolute Gasteiger partial charge is 0.352 e. The zero-order chi connectivity index (χ0) is 9.84. The molecule has 1 aromatic heterocycles. The third kappa shape index (κ3) is 2.57. The molecule has 0 saturated carbocycles. The van der Waals surface area contributed by atoms with Gasteiger partial charge in [0.05, 0.1) is 5.56 Å². The summed E-state index contributed by atoms with van der Waals surface area (Å²) in [5, 5.41) is 3.02. The van der Waals surface area contributed by atoms with Crippen molar-refractivity contribution in [1.82, 2.24) is 10.3 Å². The average molecular weight is 219 g/mol. The number of carbonyl (C=O) groups is 1. The molecule has 0 atom stereocenters. The molecule has 0 fully saturated rings. The van der Waals surface area contributed by atoms with Crippen LogP contribution in [0.4, 0.5) is 0 Å². The maximum Gasteiger partial charge on any atom is 0.254 e. The lowest BCUT2D eigenvalue weighted by molar-refractivity contribution is 0.0955. The number of rotatable bonds is 2. The van der Waals surface area contributed by atoms with Gasteiger partial charge >= 0.3 is 0 Å². The van der Waals surface area contributed by atoms with Crippen LogP contribution in [0.3, 0.4) is 0 Å². The van der Waals surface area contributed by atoms with Gasteiger partial charge in [0.15, 0.2) is 0 Å². The number of nitrogens with zero attached hydrogens (tertiary/aromatic N) is 1. The molecule has 0 saturated heterocycles. The van der Waals surface area contributed by atoms with Crippen LogP contribution in [0.1, 0.15) is 17.3 Å². The molecule has 70 valence electrons. The molecule has 0 aliphatic carbocycles. The summed E-state index contributed by atoms with van der Waals surface area (Å²) >= 11 is 11.3. The summed E-state index contributed by atoms with van der Waals surface area (Å²) in [7, 11) is 0. The van der Waals surface area contributed by atoms with Crippen molar-refractivity contribution in [2.24, 2.45) is 0 Å². The van der Waals surface area contributed by atoms with Crippen LogP contribution in [0.25, 0.3) is 0 Å². The fraction of sp³-hybridized carbons (Fsp3) is 0.250. The zero-order valence-corrected chi connectivity index (χ0v) is 8.49. The first kappa shape index (κ1) is 10.3. The Morgan fingerprint density at radius 1 is 1.54 bits per heavy atom. The van der Waals surface area contributed by atoms with Crippen LogP contribution in [0, 0.1) is 0 Å². The van der Waals surface area contributed by atoms with E-state index < -0.39 is 0 Å². The van der Waals surface area contributed by atoms with Crippen molar-refractivity contribution >= 4 is 29.1 Å². The van der Waals surface area contributed by atoms with Gasteiger partial charge in [-0.3, -0.25) is 4.79 Å². The molecule has 5 heteroatoms. The van der Waals surface area contributed by atoms with Crippen molar-refractivity contribution in [3.8, 4) is 0 Å². The van der Waals surface area contributed by atoms with Crippen LogP contribution in [0.15, 0.2) is 12.1 Å². The van der Waals surface area contributed by atoms with E-state index in [0.29, 0.717) is 12.1 Å². The minimum atomic E-state index is -0.239. The molecule has 0 aromatic carbocycles. The zero-order valence-electron chi connectivity index (χ0n) is 6.97. The van der Waals surface area contributed by atoms with Crippen molar-refractivity contribution in [2.75, 3.05) is 6.54 Å². The summed E-state index contributed by atoms with van der Waals surface area (Å²) < 4.78 is 0.